The van der Waals surface area contributed by atoms with E-state index in [1.165, 1.54) is 0 Å². The van der Waals surface area contributed by atoms with Crippen LogP contribution >= 0.6 is 0 Å². The maximum absolute atomic E-state index is 12.0. The topological polar surface area (TPSA) is 79.5 Å². The first-order chi connectivity index (χ1) is 10.6. The summed E-state index contributed by atoms with van der Waals surface area (Å²) >= 11 is 0. The van der Waals surface area contributed by atoms with E-state index in [9.17, 15) is 9.59 Å². The highest BCUT2D eigenvalue weighted by molar-refractivity contribution is 5.94. The molecule has 0 aromatic heterocycles. The second-order valence-electron chi connectivity index (χ2n) is 5.49. The zero-order valence-corrected chi connectivity index (χ0v) is 13.0. The quantitative estimate of drug-likeness (QED) is 0.637. The van der Waals surface area contributed by atoms with Gasteiger partial charge >= 0.3 is 0 Å². The number of hydrogen-bond donors (Lipinski definition) is 3. The number of amides is 2. The molecule has 0 aliphatic carbocycles. The number of rotatable bonds is 7. The Bertz CT molecular complexity index is 529. The van der Waals surface area contributed by atoms with Crippen LogP contribution < -0.4 is 20.7 Å². The van der Waals surface area contributed by atoms with Gasteiger partial charge in [-0.2, -0.15) is 0 Å². The van der Waals surface area contributed by atoms with Crippen LogP contribution in [0.1, 0.15) is 17.3 Å². The Morgan fingerprint density at radius 1 is 1.32 bits per heavy atom. The van der Waals surface area contributed by atoms with E-state index < -0.39 is 0 Å². The third-order valence-electron chi connectivity index (χ3n) is 3.98. The molecule has 1 saturated heterocycles. The average molecular weight is 305 g/mol. The third kappa shape index (κ3) is 4.21. The molecule has 120 valence electrons. The van der Waals surface area contributed by atoms with Crippen LogP contribution in [0.5, 0.6) is 5.75 Å². The molecule has 0 spiro atoms. The van der Waals surface area contributed by atoms with E-state index in [-0.39, 0.29) is 17.7 Å². The molecule has 2 amide bonds. The minimum atomic E-state index is -0.176. The fourth-order valence-corrected chi connectivity index (χ4v) is 2.27. The maximum Gasteiger partial charge on any atom is 0.251 e. The third-order valence-corrected chi connectivity index (χ3v) is 3.98. The Morgan fingerprint density at radius 2 is 2.05 bits per heavy atom. The van der Waals surface area contributed by atoms with Gasteiger partial charge in [0.2, 0.25) is 5.91 Å². The van der Waals surface area contributed by atoms with E-state index >= 15 is 0 Å². The van der Waals surface area contributed by atoms with Crippen LogP contribution in [0, 0.1) is 11.8 Å². The molecule has 1 heterocycles. The molecule has 1 fully saturated rings. The summed E-state index contributed by atoms with van der Waals surface area (Å²) in [7, 11) is 1.56. The van der Waals surface area contributed by atoms with Crippen LogP contribution in [0.3, 0.4) is 0 Å². The molecule has 1 unspecified atom stereocenters. The van der Waals surface area contributed by atoms with E-state index in [4.69, 9.17) is 4.74 Å². The van der Waals surface area contributed by atoms with E-state index in [0.29, 0.717) is 30.3 Å². The molecule has 0 radical (unpaired) electrons. The molecule has 0 bridgehead atoms. The van der Waals surface area contributed by atoms with Crippen LogP contribution in [0.15, 0.2) is 24.3 Å². The Balaban J connectivity index is 1.69. The summed E-state index contributed by atoms with van der Waals surface area (Å²) in [6.45, 7) is 4.58. The Kier molecular flexibility index (Phi) is 5.77. The molecule has 1 aliphatic rings. The number of carbonyl (C=O) groups excluding carboxylic acids is 2. The van der Waals surface area contributed by atoms with Gasteiger partial charge in [0.05, 0.1) is 7.11 Å². The van der Waals surface area contributed by atoms with Crippen LogP contribution in [0.2, 0.25) is 0 Å². The first-order valence-electron chi connectivity index (χ1n) is 7.52. The smallest absolute Gasteiger partial charge is 0.251 e. The summed E-state index contributed by atoms with van der Waals surface area (Å²) < 4.78 is 5.08. The van der Waals surface area contributed by atoms with Gasteiger partial charge in [-0.1, -0.05) is 13.0 Å². The van der Waals surface area contributed by atoms with E-state index in [0.717, 1.165) is 13.1 Å². The van der Waals surface area contributed by atoms with Gasteiger partial charge in [0, 0.05) is 24.6 Å². The predicted molar refractivity (Wildman–Crippen MR) is 83.9 cm³/mol. The van der Waals surface area contributed by atoms with Crippen molar-refractivity contribution >= 4 is 11.8 Å². The molecule has 22 heavy (non-hydrogen) atoms. The van der Waals surface area contributed by atoms with Crippen molar-refractivity contribution < 1.29 is 14.3 Å². The van der Waals surface area contributed by atoms with Crippen LogP contribution in [0.4, 0.5) is 0 Å². The number of hydrogen-bond acceptors (Lipinski definition) is 4. The molecule has 1 aromatic rings. The van der Waals surface area contributed by atoms with Gasteiger partial charge in [0.15, 0.2) is 0 Å². The average Bonchev–Trinajstić information content (AvgIpc) is 2.49. The fourth-order valence-electron chi connectivity index (χ4n) is 2.27. The first kappa shape index (κ1) is 16.3. The summed E-state index contributed by atoms with van der Waals surface area (Å²) in [6, 6.07) is 6.96. The molecule has 2 rings (SSSR count). The molecule has 1 aromatic carbocycles. The Morgan fingerprint density at radius 3 is 2.68 bits per heavy atom. The van der Waals surface area contributed by atoms with Crippen LogP contribution in [-0.2, 0) is 4.79 Å². The van der Waals surface area contributed by atoms with E-state index in [1.54, 1.807) is 31.4 Å². The molecule has 0 saturated carbocycles. The largest absolute Gasteiger partial charge is 0.497 e. The second kappa shape index (κ2) is 7.79. The van der Waals surface area contributed by atoms with Crippen molar-refractivity contribution in [2.45, 2.75) is 6.92 Å². The lowest BCUT2D eigenvalue weighted by Crippen LogP contribution is -2.50. The SMILES string of the molecule is COc1cccc(C(=O)NCCNC(=O)C(C)C2CNC2)c1. The van der Waals surface area contributed by atoms with Gasteiger partial charge in [-0.05, 0) is 37.2 Å². The number of ether oxygens (including phenoxy) is 1. The molecule has 1 atom stereocenters. The van der Waals surface area contributed by atoms with Gasteiger partial charge in [0.25, 0.3) is 5.91 Å². The number of benzene rings is 1. The molecule has 1 aliphatic heterocycles. The zero-order valence-electron chi connectivity index (χ0n) is 13.0. The highest BCUT2D eigenvalue weighted by Gasteiger charge is 2.28. The van der Waals surface area contributed by atoms with E-state index in [2.05, 4.69) is 16.0 Å². The van der Waals surface area contributed by atoms with Gasteiger partial charge < -0.3 is 20.7 Å². The second-order valence-corrected chi connectivity index (χ2v) is 5.49. The van der Waals surface area contributed by atoms with Gasteiger partial charge in [-0.3, -0.25) is 9.59 Å². The predicted octanol–water partition coefficient (Wildman–Crippen LogP) is 0.397. The zero-order chi connectivity index (χ0) is 15.9. The van der Waals surface area contributed by atoms with Crippen molar-refractivity contribution in [1.29, 1.82) is 0 Å². The number of carbonyl (C=O) groups is 2. The molecule has 3 N–H and O–H groups in total. The van der Waals surface area contributed by atoms with Crippen molar-refractivity contribution in [3.05, 3.63) is 29.8 Å². The molecule has 6 heteroatoms. The lowest BCUT2D eigenvalue weighted by molar-refractivity contribution is -0.126. The minimum Gasteiger partial charge on any atom is -0.497 e. The lowest BCUT2D eigenvalue weighted by atomic mass is 9.88. The Hall–Kier alpha value is -2.08. The Labute approximate surface area is 130 Å². The summed E-state index contributed by atoms with van der Waals surface area (Å²) in [6.07, 6.45) is 0. The molecule has 6 nitrogen and oxygen atoms in total. The van der Waals surface area contributed by atoms with Crippen molar-refractivity contribution in [2.24, 2.45) is 11.8 Å². The highest BCUT2D eigenvalue weighted by Crippen LogP contribution is 2.15. The fraction of sp³-hybridized carbons (Fsp3) is 0.500. The van der Waals surface area contributed by atoms with Crippen LogP contribution in [0.25, 0.3) is 0 Å². The van der Waals surface area contributed by atoms with E-state index in [1.807, 2.05) is 6.92 Å². The highest BCUT2D eigenvalue weighted by atomic mass is 16.5. The lowest BCUT2D eigenvalue weighted by Gasteiger charge is -2.31. The summed E-state index contributed by atoms with van der Waals surface area (Å²) in [5, 5.41) is 8.79. The summed E-state index contributed by atoms with van der Waals surface area (Å²) in [5.41, 5.74) is 0.541. The minimum absolute atomic E-state index is 0.00957. The van der Waals surface area contributed by atoms with Gasteiger partial charge in [-0.15, -0.1) is 0 Å². The monoisotopic (exact) mass is 305 g/mol. The standard InChI is InChI=1S/C16H23N3O3/c1-11(13-9-17-10-13)15(20)18-6-7-19-16(21)12-4-3-5-14(8-12)22-2/h3-5,8,11,13,17H,6-7,9-10H2,1-2H3,(H,18,20)(H,19,21). The normalized spacial score (nSPS) is 15.5. The van der Waals surface area contributed by atoms with Crippen molar-refractivity contribution in [3.63, 3.8) is 0 Å². The number of nitrogens with one attached hydrogen (secondary N) is 3. The maximum atomic E-state index is 12.0. The van der Waals surface area contributed by atoms with Crippen molar-refractivity contribution in [1.82, 2.24) is 16.0 Å². The summed E-state index contributed by atoms with van der Waals surface area (Å²) in [5.74, 6) is 0.942. The van der Waals surface area contributed by atoms with Crippen molar-refractivity contribution in [2.75, 3.05) is 33.3 Å². The van der Waals surface area contributed by atoms with Crippen LogP contribution in [-0.4, -0.2) is 45.1 Å². The summed E-state index contributed by atoms with van der Waals surface area (Å²) in [4.78, 5) is 23.9. The van der Waals surface area contributed by atoms with Gasteiger partial charge in [0.1, 0.15) is 5.75 Å². The van der Waals surface area contributed by atoms with Crippen molar-refractivity contribution in [3.8, 4) is 5.75 Å². The number of methoxy groups -OCH3 is 1. The van der Waals surface area contributed by atoms with Gasteiger partial charge in [-0.25, -0.2) is 0 Å². The first-order valence-corrected chi connectivity index (χ1v) is 7.52. The molecular weight excluding hydrogens is 282 g/mol. The molecular formula is C16H23N3O3.